The van der Waals surface area contributed by atoms with Crippen LogP contribution in [0.15, 0.2) is 42.5 Å². The summed E-state index contributed by atoms with van der Waals surface area (Å²) in [5, 5.41) is 21.0. The fourth-order valence-electron chi connectivity index (χ4n) is 1.70. The zero-order valence-electron chi connectivity index (χ0n) is 10.4. The number of benzene rings is 2. The molecule has 0 aliphatic rings. The second kappa shape index (κ2) is 6.09. The van der Waals surface area contributed by atoms with Crippen LogP contribution in [0.25, 0.3) is 0 Å². The largest absolute Gasteiger partial charge is 0.478 e. The average molecular weight is 287 g/mol. The standard InChI is InChI=1S/C15H11ClN2O2/c16-14-6-5-12(7-13(14)15(19)20)18-9-11-3-1-10(8-17)2-4-11/h1-7,18H,9H2,(H,19,20). The molecule has 100 valence electrons. The summed E-state index contributed by atoms with van der Waals surface area (Å²) in [5.41, 5.74) is 2.34. The van der Waals surface area contributed by atoms with Crippen LogP contribution in [-0.4, -0.2) is 11.1 Å². The second-order valence-corrected chi connectivity index (χ2v) is 4.57. The summed E-state index contributed by atoms with van der Waals surface area (Å²) in [6, 6.07) is 14.0. The molecule has 0 heterocycles. The number of carboxylic acid groups (broad SMARTS) is 1. The summed E-state index contributed by atoms with van der Waals surface area (Å²) in [6.07, 6.45) is 0. The van der Waals surface area contributed by atoms with Gasteiger partial charge in [-0.1, -0.05) is 23.7 Å². The van der Waals surface area contributed by atoms with Gasteiger partial charge in [0.2, 0.25) is 0 Å². The molecule has 0 unspecified atom stereocenters. The van der Waals surface area contributed by atoms with Crippen LogP contribution in [0.3, 0.4) is 0 Å². The normalized spacial score (nSPS) is 9.80. The van der Waals surface area contributed by atoms with E-state index in [1.807, 2.05) is 12.1 Å². The lowest BCUT2D eigenvalue weighted by Gasteiger charge is -2.08. The summed E-state index contributed by atoms with van der Waals surface area (Å²) in [6.45, 7) is 0.534. The maximum Gasteiger partial charge on any atom is 0.337 e. The van der Waals surface area contributed by atoms with E-state index in [1.165, 1.54) is 6.07 Å². The number of hydrogen-bond acceptors (Lipinski definition) is 3. The number of hydrogen-bond donors (Lipinski definition) is 2. The van der Waals surface area contributed by atoms with Gasteiger partial charge < -0.3 is 10.4 Å². The van der Waals surface area contributed by atoms with Crippen LogP contribution in [0.2, 0.25) is 5.02 Å². The van der Waals surface area contributed by atoms with Gasteiger partial charge in [-0.3, -0.25) is 0 Å². The summed E-state index contributed by atoms with van der Waals surface area (Å²) in [4.78, 5) is 11.0. The number of rotatable bonds is 4. The summed E-state index contributed by atoms with van der Waals surface area (Å²) in [7, 11) is 0. The van der Waals surface area contributed by atoms with Gasteiger partial charge in [0.15, 0.2) is 0 Å². The van der Waals surface area contributed by atoms with Crippen molar-refractivity contribution in [1.29, 1.82) is 5.26 Å². The molecule has 2 N–H and O–H groups in total. The number of carboxylic acids is 1. The molecule has 2 rings (SSSR count). The predicted octanol–water partition coefficient (Wildman–Crippen LogP) is 3.52. The Bertz CT molecular complexity index is 675. The highest BCUT2D eigenvalue weighted by atomic mass is 35.5. The third-order valence-electron chi connectivity index (χ3n) is 2.78. The predicted molar refractivity (Wildman–Crippen MR) is 76.9 cm³/mol. The first-order valence-electron chi connectivity index (χ1n) is 5.86. The quantitative estimate of drug-likeness (QED) is 0.902. The lowest BCUT2D eigenvalue weighted by molar-refractivity contribution is 0.0697. The Morgan fingerprint density at radius 2 is 1.95 bits per heavy atom. The third-order valence-corrected chi connectivity index (χ3v) is 3.11. The van der Waals surface area contributed by atoms with Gasteiger partial charge in [0.05, 0.1) is 22.2 Å². The molecule has 0 fully saturated rings. The summed E-state index contributed by atoms with van der Waals surface area (Å²) < 4.78 is 0. The molecule has 0 bridgehead atoms. The van der Waals surface area contributed by atoms with Gasteiger partial charge in [-0.25, -0.2) is 4.79 Å². The fourth-order valence-corrected chi connectivity index (χ4v) is 1.90. The smallest absolute Gasteiger partial charge is 0.337 e. The van der Waals surface area contributed by atoms with Crippen molar-refractivity contribution in [2.75, 3.05) is 5.32 Å². The van der Waals surface area contributed by atoms with Crippen LogP contribution >= 0.6 is 11.6 Å². The van der Waals surface area contributed by atoms with E-state index in [2.05, 4.69) is 11.4 Å². The van der Waals surface area contributed by atoms with Crippen LogP contribution in [0.1, 0.15) is 21.5 Å². The fraction of sp³-hybridized carbons (Fsp3) is 0.0667. The van der Waals surface area contributed by atoms with Crippen molar-refractivity contribution in [2.45, 2.75) is 6.54 Å². The highest BCUT2D eigenvalue weighted by Gasteiger charge is 2.09. The van der Waals surface area contributed by atoms with Gasteiger partial charge in [-0.05, 0) is 35.9 Å². The molecule has 20 heavy (non-hydrogen) atoms. The second-order valence-electron chi connectivity index (χ2n) is 4.16. The van der Waals surface area contributed by atoms with Crippen molar-refractivity contribution in [3.05, 3.63) is 64.2 Å². The Morgan fingerprint density at radius 1 is 1.25 bits per heavy atom. The number of carbonyl (C=O) groups is 1. The molecular weight excluding hydrogens is 276 g/mol. The first-order chi connectivity index (χ1) is 9.60. The van der Waals surface area contributed by atoms with Crippen LogP contribution in [-0.2, 0) is 6.54 Å². The molecule has 0 spiro atoms. The van der Waals surface area contributed by atoms with Crippen LogP contribution in [0.5, 0.6) is 0 Å². The van der Waals surface area contributed by atoms with Crippen molar-refractivity contribution in [3.8, 4) is 6.07 Å². The zero-order chi connectivity index (χ0) is 14.5. The number of nitrogens with zero attached hydrogens (tertiary/aromatic N) is 1. The van der Waals surface area contributed by atoms with Gasteiger partial charge in [-0.15, -0.1) is 0 Å². The Hall–Kier alpha value is -2.51. The molecule has 0 aliphatic carbocycles. The molecule has 4 nitrogen and oxygen atoms in total. The molecule has 0 saturated carbocycles. The minimum absolute atomic E-state index is 0.0662. The molecule has 2 aromatic rings. The first kappa shape index (κ1) is 13.9. The van der Waals surface area contributed by atoms with Crippen LogP contribution in [0.4, 0.5) is 5.69 Å². The van der Waals surface area contributed by atoms with Crippen molar-refractivity contribution in [1.82, 2.24) is 0 Å². The van der Waals surface area contributed by atoms with Gasteiger partial charge in [0, 0.05) is 12.2 Å². The number of anilines is 1. The molecule has 0 amide bonds. The minimum atomic E-state index is -1.06. The van der Waals surface area contributed by atoms with Crippen molar-refractivity contribution >= 4 is 23.3 Å². The minimum Gasteiger partial charge on any atom is -0.478 e. The van der Waals surface area contributed by atoms with Gasteiger partial charge in [0.1, 0.15) is 0 Å². The van der Waals surface area contributed by atoms with E-state index in [1.54, 1.807) is 24.3 Å². The van der Waals surface area contributed by atoms with E-state index < -0.39 is 5.97 Å². The molecule has 5 heteroatoms. The van der Waals surface area contributed by atoms with Gasteiger partial charge >= 0.3 is 5.97 Å². The molecule has 0 saturated heterocycles. The maximum absolute atomic E-state index is 11.0. The molecule has 2 aromatic carbocycles. The van der Waals surface area contributed by atoms with E-state index in [0.717, 1.165) is 5.56 Å². The topological polar surface area (TPSA) is 73.1 Å². The number of aromatic carboxylic acids is 1. The van der Waals surface area contributed by atoms with E-state index in [0.29, 0.717) is 17.8 Å². The van der Waals surface area contributed by atoms with E-state index in [-0.39, 0.29) is 10.6 Å². The van der Waals surface area contributed by atoms with E-state index in [9.17, 15) is 4.79 Å². The average Bonchev–Trinajstić information content (AvgIpc) is 2.46. The van der Waals surface area contributed by atoms with E-state index in [4.69, 9.17) is 22.0 Å². The summed E-state index contributed by atoms with van der Waals surface area (Å²) in [5.74, 6) is -1.06. The monoisotopic (exact) mass is 286 g/mol. The molecule has 0 atom stereocenters. The van der Waals surface area contributed by atoms with Gasteiger partial charge in [0.25, 0.3) is 0 Å². The molecule has 0 aliphatic heterocycles. The summed E-state index contributed by atoms with van der Waals surface area (Å²) >= 11 is 5.80. The SMILES string of the molecule is N#Cc1ccc(CNc2ccc(Cl)c(C(=O)O)c2)cc1. The van der Waals surface area contributed by atoms with E-state index >= 15 is 0 Å². The molecule has 0 aromatic heterocycles. The van der Waals surface area contributed by atoms with Crippen LogP contribution < -0.4 is 5.32 Å². The Labute approximate surface area is 121 Å². The Balaban J connectivity index is 2.09. The lowest BCUT2D eigenvalue weighted by Crippen LogP contribution is -2.02. The highest BCUT2D eigenvalue weighted by molar-refractivity contribution is 6.33. The lowest BCUT2D eigenvalue weighted by atomic mass is 10.1. The van der Waals surface area contributed by atoms with Crippen molar-refractivity contribution in [3.63, 3.8) is 0 Å². The number of halogens is 1. The molecule has 0 radical (unpaired) electrons. The van der Waals surface area contributed by atoms with Crippen molar-refractivity contribution in [2.24, 2.45) is 0 Å². The highest BCUT2D eigenvalue weighted by Crippen LogP contribution is 2.21. The number of nitriles is 1. The third kappa shape index (κ3) is 3.28. The first-order valence-corrected chi connectivity index (χ1v) is 6.23. The van der Waals surface area contributed by atoms with Crippen molar-refractivity contribution < 1.29 is 9.90 Å². The van der Waals surface area contributed by atoms with Gasteiger partial charge in [-0.2, -0.15) is 5.26 Å². The Morgan fingerprint density at radius 3 is 2.55 bits per heavy atom. The molecular formula is C15H11ClN2O2. The Kier molecular flexibility index (Phi) is 4.24. The number of nitrogens with one attached hydrogen (secondary N) is 1. The zero-order valence-corrected chi connectivity index (χ0v) is 11.2. The maximum atomic E-state index is 11.0. The van der Waals surface area contributed by atoms with Crippen LogP contribution in [0, 0.1) is 11.3 Å².